The van der Waals surface area contributed by atoms with Gasteiger partial charge in [0.2, 0.25) is 0 Å². The first kappa shape index (κ1) is 23.6. The van der Waals surface area contributed by atoms with Gasteiger partial charge in [-0.2, -0.15) is 0 Å². The molecule has 1 saturated carbocycles. The van der Waals surface area contributed by atoms with E-state index in [4.69, 9.17) is 0 Å². The number of nitrogens with zero attached hydrogens (tertiary/aromatic N) is 2. The van der Waals surface area contributed by atoms with Crippen molar-refractivity contribution < 1.29 is 15.0 Å². The molecule has 0 radical (unpaired) electrons. The molecule has 2 fully saturated rings. The topological polar surface area (TPSA) is 111 Å². The minimum Gasteiger partial charge on any atom is -0.506 e. The van der Waals surface area contributed by atoms with Gasteiger partial charge >= 0.3 is 5.97 Å². The number of likely N-dealkylation sites (tertiary alicyclic amines) is 1. The Morgan fingerprint density at radius 3 is 2.74 bits per heavy atom. The third-order valence-corrected chi connectivity index (χ3v) is 8.22. The number of nitrogens with one attached hydrogen (secondary N) is 2. The molecule has 1 aromatic carbocycles. The average Bonchev–Trinajstić information content (AvgIpc) is 3.38. The molecule has 1 saturated heterocycles. The number of fused-ring (bicyclic) bond motifs is 2. The lowest BCUT2D eigenvalue weighted by Gasteiger charge is -2.32. The second kappa shape index (κ2) is 9.17. The van der Waals surface area contributed by atoms with Crippen molar-refractivity contribution in [3.63, 3.8) is 0 Å². The first-order chi connectivity index (χ1) is 16.8. The highest BCUT2D eigenvalue weighted by Gasteiger charge is 2.39. The van der Waals surface area contributed by atoms with Crippen LogP contribution < -0.4 is 10.9 Å². The summed E-state index contributed by atoms with van der Waals surface area (Å²) in [4.78, 5) is 29.1. The van der Waals surface area contributed by atoms with Gasteiger partial charge in [-0.15, -0.1) is 0 Å². The normalized spacial score (nSPS) is 22.5. The summed E-state index contributed by atoms with van der Waals surface area (Å²) in [5.41, 5.74) is 2.57. The summed E-state index contributed by atoms with van der Waals surface area (Å²) < 4.78 is 2.23. The number of hydrogen-bond acceptors (Lipinski definition) is 5. The number of aromatic carboxylic acids is 1. The SMILES string of the molecule is CCc1c(-c2ccc3c(c2)cc(CN2C[C@H]4CCC[C@@H](NC)[C@H]4C2)n3C)[nH]c(=O)c(C(=O)O)c1O. The Kier molecular flexibility index (Phi) is 6.19. The molecule has 1 aliphatic heterocycles. The van der Waals surface area contributed by atoms with Crippen LogP contribution in [0.4, 0.5) is 0 Å². The quantitative estimate of drug-likeness (QED) is 0.433. The van der Waals surface area contributed by atoms with Crippen molar-refractivity contribution in [2.75, 3.05) is 20.1 Å². The van der Waals surface area contributed by atoms with Gasteiger partial charge in [0, 0.05) is 54.9 Å². The maximum atomic E-state index is 12.4. The number of H-pyrrole nitrogens is 1. The highest BCUT2D eigenvalue weighted by molar-refractivity contribution is 5.92. The molecule has 4 N–H and O–H groups in total. The van der Waals surface area contributed by atoms with E-state index in [1.54, 1.807) is 0 Å². The van der Waals surface area contributed by atoms with Crippen LogP contribution in [-0.2, 0) is 20.0 Å². The summed E-state index contributed by atoms with van der Waals surface area (Å²) in [6.45, 7) is 4.99. The fraction of sp³-hybridized carbons (Fsp3) is 0.481. The van der Waals surface area contributed by atoms with Crippen LogP contribution in [0.1, 0.15) is 47.8 Å². The number of pyridine rings is 1. The maximum Gasteiger partial charge on any atom is 0.345 e. The fourth-order valence-corrected chi connectivity index (χ4v) is 6.41. The zero-order valence-electron chi connectivity index (χ0n) is 20.6. The van der Waals surface area contributed by atoms with Crippen molar-refractivity contribution in [1.82, 2.24) is 19.8 Å². The van der Waals surface area contributed by atoms with E-state index in [9.17, 15) is 19.8 Å². The number of hydrogen-bond donors (Lipinski definition) is 4. The van der Waals surface area contributed by atoms with E-state index in [-0.39, 0.29) is 0 Å². The summed E-state index contributed by atoms with van der Waals surface area (Å²) in [6, 6.07) is 8.76. The van der Waals surface area contributed by atoms with Crippen molar-refractivity contribution in [2.45, 2.75) is 45.2 Å². The molecule has 1 aliphatic carbocycles. The van der Waals surface area contributed by atoms with Gasteiger partial charge in [0.1, 0.15) is 5.75 Å². The van der Waals surface area contributed by atoms with Crippen LogP contribution in [0.2, 0.25) is 0 Å². The van der Waals surface area contributed by atoms with Crippen LogP contribution in [0.3, 0.4) is 0 Å². The third-order valence-electron chi connectivity index (χ3n) is 8.22. The number of aromatic hydroxyl groups is 1. The molecule has 3 atom stereocenters. The molecule has 3 heterocycles. The van der Waals surface area contributed by atoms with Crippen molar-refractivity contribution in [2.24, 2.45) is 18.9 Å². The Morgan fingerprint density at radius 2 is 2.03 bits per heavy atom. The molecule has 2 aliphatic rings. The van der Waals surface area contributed by atoms with Gasteiger partial charge in [-0.05, 0) is 61.9 Å². The smallest absolute Gasteiger partial charge is 0.345 e. The van der Waals surface area contributed by atoms with Gasteiger partial charge in [-0.25, -0.2) is 4.79 Å². The minimum absolute atomic E-state index is 0.390. The lowest BCUT2D eigenvalue weighted by atomic mass is 9.78. The number of benzene rings is 1. The molecule has 3 aromatic rings. The zero-order chi connectivity index (χ0) is 24.9. The van der Waals surface area contributed by atoms with E-state index in [0.29, 0.717) is 23.7 Å². The van der Waals surface area contributed by atoms with Crippen LogP contribution in [0.15, 0.2) is 29.1 Å². The number of carboxylic acid groups (broad SMARTS) is 1. The number of aromatic nitrogens is 2. The van der Waals surface area contributed by atoms with Gasteiger partial charge in [0.25, 0.3) is 5.56 Å². The number of aryl methyl sites for hydroxylation is 1. The molecule has 0 unspecified atom stereocenters. The lowest BCUT2D eigenvalue weighted by Crippen LogP contribution is -2.40. The van der Waals surface area contributed by atoms with E-state index in [1.165, 1.54) is 25.0 Å². The van der Waals surface area contributed by atoms with E-state index in [1.807, 2.05) is 25.1 Å². The second-order valence-electron chi connectivity index (χ2n) is 10.1. The first-order valence-corrected chi connectivity index (χ1v) is 12.5. The average molecular weight is 479 g/mol. The molecule has 8 heteroatoms. The Balaban J connectivity index is 1.46. The molecular weight excluding hydrogens is 444 g/mol. The van der Waals surface area contributed by atoms with E-state index in [2.05, 4.69) is 39.9 Å². The van der Waals surface area contributed by atoms with E-state index in [0.717, 1.165) is 47.9 Å². The van der Waals surface area contributed by atoms with Crippen molar-refractivity contribution in [1.29, 1.82) is 0 Å². The highest BCUT2D eigenvalue weighted by atomic mass is 16.4. The molecule has 0 bridgehead atoms. The van der Waals surface area contributed by atoms with Crippen LogP contribution in [0.25, 0.3) is 22.2 Å². The van der Waals surface area contributed by atoms with Crippen LogP contribution >= 0.6 is 0 Å². The fourth-order valence-electron chi connectivity index (χ4n) is 6.41. The summed E-state index contributed by atoms with van der Waals surface area (Å²) in [7, 11) is 4.17. The number of aromatic amines is 1. The van der Waals surface area contributed by atoms with Gasteiger partial charge in [-0.1, -0.05) is 19.4 Å². The maximum absolute atomic E-state index is 12.4. The Bertz CT molecular complexity index is 1340. The first-order valence-electron chi connectivity index (χ1n) is 12.5. The summed E-state index contributed by atoms with van der Waals surface area (Å²) in [5.74, 6) is -0.395. The van der Waals surface area contributed by atoms with E-state index >= 15 is 0 Å². The van der Waals surface area contributed by atoms with Crippen LogP contribution in [-0.4, -0.2) is 56.8 Å². The van der Waals surface area contributed by atoms with Crippen molar-refractivity contribution >= 4 is 16.9 Å². The van der Waals surface area contributed by atoms with Gasteiger partial charge in [0.05, 0.1) is 5.69 Å². The number of rotatable bonds is 6. The number of carbonyl (C=O) groups is 1. The molecule has 35 heavy (non-hydrogen) atoms. The van der Waals surface area contributed by atoms with Crippen molar-refractivity contribution in [3.05, 3.63) is 51.4 Å². The highest BCUT2D eigenvalue weighted by Crippen LogP contribution is 2.37. The zero-order valence-corrected chi connectivity index (χ0v) is 20.6. The predicted octanol–water partition coefficient (Wildman–Crippen LogP) is 3.32. The summed E-state index contributed by atoms with van der Waals surface area (Å²) >= 11 is 0. The number of carboxylic acids is 1. The molecule has 0 amide bonds. The molecular formula is C27H34N4O4. The standard InChI is InChI=1S/C27H34N4O4/c1-4-19-24(29-26(33)23(25(19)32)27(34)35)15-8-9-22-17(10-15)11-18(30(22)3)13-31-12-16-6-5-7-21(28-2)20(16)14-31/h8-11,16,20-21,28H,4-7,12-14H2,1-3H3,(H,34,35)(H2,29,32,33)/t16-,20+,21-/m1/s1. The van der Waals surface area contributed by atoms with Crippen LogP contribution in [0, 0.1) is 11.8 Å². The van der Waals surface area contributed by atoms with Gasteiger partial charge in [0.15, 0.2) is 5.56 Å². The van der Waals surface area contributed by atoms with Gasteiger partial charge < -0.3 is 25.1 Å². The molecule has 0 spiro atoms. The monoisotopic (exact) mass is 478 g/mol. The van der Waals surface area contributed by atoms with Crippen LogP contribution in [0.5, 0.6) is 5.75 Å². The molecule has 2 aromatic heterocycles. The van der Waals surface area contributed by atoms with Crippen molar-refractivity contribution in [3.8, 4) is 17.0 Å². The minimum atomic E-state index is -1.43. The van der Waals surface area contributed by atoms with Gasteiger partial charge in [-0.3, -0.25) is 9.69 Å². The predicted molar refractivity (Wildman–Crippen MR) is 136 cm³/mol. The Labute approximate surface area is 204 Å². The Morgan fingerprint density at radius 1 is 1.23 bits per heavy atom. The largest absolute Gasteiger partial charge is 0.506 e. The lowest BCUT2D eigenvalue weighted by molar-refractivity contribution is 0.0691. The molecule has 186 valence electrons. The summed E-state index contributed by atoms with van der Waals surface area (Å²) in [6.07, 6.45) is 4.29. The third kappa shape index (κ3) is 4.04. The van der Waals surface area contributed by atoms with E-state index < -0.39 is 22.8 Å². The molecule has 8 nitrogen and oxygen atoms in total. The summed E-state index contributed by atoms with van der Waals surface area (Å²) in [5, 5.41) is 24.4. The second-order valence-corrected chi connectivity index (χ2v) is 10.1. The molecule has 5 rings (SSSR count). The Hall–Kier alpha value is -3.10.